The summed E-state index contributed by atoms with van der Waals surface area (Å²) in [6.07, 6.45) is 21.2. The third-order valence-corrected chi connectivity index (χ3v) is 10.1. The SMILES string of the molecule is CCCCCCCCCCCCCCCCOCC(COP(=O)(O)OC1CC2CCC(C1)[N+]2(C)C)OC(=O)CC. The maximum Gasteiger partial charge on any atom is 0.472 e. The molecule has 9 heteroatoms. The van der Waals surface area contributed by atoms with Crippen molar-refractivity contribution in [3.63, 3.8) is 0 Å². The number of unbranched alkanes of at least 4 members (excludes halogenated alkanes) is 13. The number of ether oxygens (including phenoxy) is 2. The molecule has 2 saturated heterocycles. The van der Waals surface area contributed by atoms with E-state index in [1.807, 2.05) is 0 Å². The molecule has 0 aromatic carbocycles. The average Bonchev–Trinajstić information content (AvgIpc) is 3.06. The van der Waals surface area contributed by atoms with Crippen LogP contribution in [-0.2, 0) is 27.9 Å². The van der Waals surface area contributed by atoms with Gasteiger partial charge in [0.2, 0.25) is 0 Å². The fourth-order valence-corrected chi connectivity index (χ4v) is 7.28. The number of fused-ring (bicyclic) bond motifs is 2. The molecule has 0 spiro atoms. The Kier molecular flexibility index (Phi) is 17.5. The second-order valence-corrected chi connectivity index (χ2v) is 14.0. The first-order valence-corrected chi connectivity index (χ1v) is 17.9. The molecule has 2 aliphatic rings. The summed E-state index contributed by atoms with van der Waals surface area (Å²) < 4.78 is 35.7. The number of phosphoric acid groups is 1. The van der Waals surface area contributed by atoms with Gasteiger partial charge in [0.05, 0.1) is 45.5 Å². The minimum absolute atomic E-state index is 0.142. The van der Waals surface area contributed by atoms with E-state index >= 15 is 0 Å². The lowest BCUT2D eigenvalue weighted by molar-refractivity contribution is -0.931. The maximum atomic E-state index is 12.7. The van der Waals surface area contributed by atoms with E-state index in [1.165, 1.54) is 77.0 Å². The van der Waals surface area contributed by atoms with Gasteiger partial charge < -0.3 is 18.9 Å². The van der Waals surface area contributed by atoms with Gasteiger partial charge in [-0.1, -0.05) is 97.3 Å². The predicted octanol–water partition coefficient (Wildman–Crippen LogP) is 7.71. The number of hydrogen-bond acceptors (Lipinski definition) is 6. The first kappa shape index (κ1) is 35.7. The van der Waals surface area contributed by atoms with Gasteiger partial charge in [0.1, 0.15) is 6.10 Å². The summed E-state index contributed by atoms with van der Waals surface area (Å²) in [6.45, 7) is 4.47. The van der Waals surface area contributed by atoms with Crippen molar-refractivity contribution in [2.45, 2.75) is 160 Å². The lowest BCUT2D eigenvalue weighted by Crippen LogP contribution is -2.55. The van der Waals surface area contributed by atoms with Gasteiger partial charge in [0, 0.05) is 38.7 Å². The summed E-state index contributed by atoms with van der Waals surface area (Å²) in [5.74, 6) is -0.383. The van der Waals surface area contributed by atoms with E-state index in [0.717, 1.165) is 43.0 Å². The average molecular weight is 591 g/mol. The molecule has 0 radical (unpaired) electrons. The van der Waals surface area contributed by atoms with Crippen molar-refractivity contribution < 1.29 is 37.3 Å². The maximum absolute atomic E-state index is 12.7. The zero-order valence-corrected chi connectivity index (χ0v) is 27.1. The van der Waals surface area contributed by atoms with E-state index in [9.17, 15) is 14.3 Å². The number of hydrogen-bond donors (Lipinski definition) is 1. The minimum Gasteiger partial charge on any atom is -0.457 e. The monoisotopic (exact) mass is 590 g/mol. The third-order valence-electron chi connectivity index (χ3n) is 9.02. The van der Waals surface area contributed by atoms with Crippen LogP contribution in [0.4, 0.5) is 0 Å². The van der Waals surface area contributed by atoms with E-state index < -0.39 is 13.9 Å². The van der Waals surface area contributed by atoms with Crippen molar-refractivity contribution in [3.05, 3.63) is 0 Å². The number of carbonyl (C=O) groups excluding carboxylic acids is 1. The van der Waals surface area contributed by atoms with E-state index in [2.05, 4.69) is 21.0 Å². The number of nitrogens with zero attached hydrogens (tertiary/aromatic N) is 1. The summed E-state index contributed by atoms with van der Waals surface area (Å²) in [6, 6.07) is 0.899. The van der Waals surface area contributed by atoms with Gasteiger partial charge in [-0.25, -0.2) is 4.57 Å². The fourth-order valence-electron chi connectivity index (χ4n) is 6.31. The quantitative estimate of drug-likeness (QED) is 0.0533. The topological polar surface area (TPSA) is 91.3 Å². The van der Waals surface area contributed by atoms with Gasteiger partial charge in [0.15, 0.2) is 0 Å². The number of phosphoric ester groups is 1. The van der Waals surface area contributed by atoms with Crippen LogP contribution in [0.3, 0.4) is 0 Å². The van der Waals surface area contributed by atoms with Crippen molar-refractivity contribution in [1.29, 1.82) is 0 Å². The standard InChI is InChI=1S/C31H60NO7P/c1-5-7-8-9-10-11-12-13-14-15-16-17-18-19-22-36-25-30(38-31(33)6-2)26-37-40(34,35)39-29-23-27-20-21-28(24-29)32(27,3)4/h27-30H,5-26H2,1-4H3/p+1. The molecule has 4 atom stereocenters. The summed E-state index contributed by atoms with van der Waals surface area (Å²) in [5.41, 5.74) is 0. The zero-order valence-electron chi connectivity index (χ0n) is 26.2. The Balaban J connectivity index is 1.54. The lowest BCUT2D eigenvalue weighted by Gasteiger charge is -2.44. The van der Waals surface area contributed by atoms with Gasteiger partial charge in [0.25, 0.3) is 0 Å². The molecule has 2 rings (SSSR count). The number of quaternary nitrogens is 1. The molecule has 0 amide bonds. The normalized spacial score (nSPS) is 24.1. The zero-order chi connectivity index (χ0) is 29.3. The number of carbonyl (C=O) groups is 1. The summed E-state index contributed by atoms with van der Waals surface area (Å²) in [5, 5.41) is 0. The van der Waals surface area contributed by atoms with Gasteiger partial charge in [-0.15, -0.1) is 0 Å². The second kappa shape index (κ2) is 19.6. The van der Waals surface area contributed by atoms with E-state index in [4.69, 9.17) is 18.5 Å². The molecule has 236 valence electrons. The molecule has 2 aliphatic heterocycles. The van der Waals surface area contributed by atoms with E-state index in [0.29, 0.717) is 18.7 Å². The molecular formula is C31H61NO7P+. The first-order chi connectivity index (χ1) is 19.2. The molecule has 2 fully saturated rings. The van der Waals surface area contributed by atoms with Crippen LogP contribution in [0.1, 0.15) is 136 Å². The van der Waals surface area contributed by atoms with E-state index in [1.54, 1.807) is 6.92 Å². The molecule has 8 nitrogen and oxygen atoms in total. The van der Waals surface area contributed by atoms with Crippen molar-refractivity contribution >= 4 is 13.8 Å². The Morgan fingerprint density at radius 2 is 1.32 bits per heavy atom. The van der Waals surface area contributed by atoms with Crippen molar-refractivity contribution in [1.82, 2.24) is 0 Å². The largest absolute Gasteiger partial charge is 0.472 e. The lowest BCUT2D eigenvalue weighted by atomic mass is 9.98. The Bertz CT molecular complexity index is 718. The molecule has 0 saturated carbocycles. The Hall–Kier alpha value is -0.500. The highest BCUT2D eigenvalue weighted by Crippen LogP contribution is 2.50. The highest BCUT2D eigenvalue weighted by atomic mass is 31.2. The van der Waals surface area contributed by atoms with Crippen LogP contribution in [-0.4, -0.2) is 73.6 Å². The third kappa shape index (κ3) is 14.1. The first-order valence-electron chi connectivity index (χ1n) is 16.4. The molecule has 4 unspecified atom stereocenters. The molecule has 2 bridgehead atoms. The molecule has 0 aromatic rings. The predicted molar refractivity (Wildman–Crippen MR) is 160 cm³/mol. The van der Waals surface area contributed by atoms with Crippen LogP contribution >= 0.6 is 7.82 Å². The van der Waals surface area contributed by atoms with Crippen LogP contribution in [0.25, 0.3) is 0 Å². The minimum atomic E-state index is -4.26. The second-order valence-electron chi connectivity index (χ2n) is 12.6. The van der Waals surface area contributed by atoms with Gasteiger partial charge >= 0.3 is 13.8 Å². The number of piperidine rings is 1. The molecule has 2 heterocycles. The van der Waals surface area contributed by atoms with Crippen molar-refractivity contribution in [3.8, 4) is 0 Å². The number of rotatable bonds is 24. The Morgan fingerprint density at radius 3 is 1.82 bits per heavy atom. The molecule has 0 aromatic heterocycles. The van der Waals surface area contributed by atoms with Crippen LogP contribution in [0.5, 0.6) is 0 Å². The van der Waals surface area contributed by atoms with Crippen molar-refractivity contribution in [2.75, 3.05) is 33.9 Å². The van der Waals surface area contributed by atoms with Gasteiger partial charge in [-0.3, -0.25) is 13.8 Å². The van der Waals surface area contributed by atoms with Crippen LogP contribution in [0.2, 0.25) is 0 Å². The highest BCUT2D eigenvalue weighted by Gasteiger charge is 2.50. The summed E-state index contributed by atoms with van der Waals surface area (Å²) in [4.78, 5) is 22.2. The molecule has 40 heavy (non-hydrogen) atoms. The van der Waals surface area contributed by atoms with Crippen LogP contribution < -0.4 is 0 Å². The highest BCUT2D eigenvalue weighted by molar-refractivity contribution is 7.47. The number of esters is 1. The Morgan fingerprint density at radius 1 is 0.825 bits per heavy atom. The van der Waals surface area contributed by atoms with Crippen LogP contribution in [0, 0.1) is 0 Å². The molecular weight excluding hydrogens is 529 g/mol. The molecule has 0 aliphatic carbocycles. The van der Waals surface area contributed by atoms with Crippen LogP contribution in [0.15, 0.2) is 0 Å². The van der Waals surface area contributed by atoms with E-state index in [-0.39, 0.29) is 31.7 Å². The smallest absolute Gasteiger partial charge is 0.457 e. The Labute approximate surface area is 245 Å². The van der Waals surface area contributed by atoms with Gasteiger partial charge in [-0.2, -0.15) is 0 Å². The van der Waals surface area contributed by atoms with Gasteiger partial charge in [-0.05, 0) is 6.42 Å². The fraction of sp³-hybridized carbons (Fsp3) is 0.968. The van der Waals surface area contributed by atoms with Crippen molar-refractivity contribution in [2.24, 2.45) is 0 Å². The summed E-state index contributed by atoms with van der Waals surface area (Å²) >= 11 is 0. The summed E-state index contributed by atoms with van der Waals surface area (Å²) in [7, 11) is 0.207. The molecule has 1 N–H and O–H groups in total.